The number of ether oxygens (including phenoxy) is 1. The molecule has 0 unspecified atom stereocenters. The Balaban J connectivity index is 1.96. The molecule has 0 aliphatic carbocycles. The molecule has 0 bridgehead atoms. The number of halogens is 1. The first-order valence-corrected chi connectivity index (χ1v) is 9.66. The van der Waals surface area contributed by atoms with Crippen molar-refractivity contribution >= 4 is 23.2 Å². The monoisotopic (exact) mass is 431 g/mol. The zero-order valence-electron chi connectivity index (χ0n) is 16.1. The smallest absolute Gasteiger partial charge is 0.355 e. The van der Waals surface area contributed by atoms with Crippen LogP contribution in [0.1, 0.15) is 5.56 Å². The van der Waals surface area contributed by atoms with Crippen LogP contribution in [0.15, 0.2) is 58.1 Å². The number of nitrogens with one attached hydrogen (secondary N) is 1. The summed E-state index contributed by atoms with van der Waals surface area (Å²) in [5.74, 6) is 0.737. The van der Waals surface area contributed by atoms with Gasteiger partial charge in [-0.2, -0.15) is 4.98 Å². The molecule has 0 aliphatic rings. The number of aliphatic hydroxyl groups excluding tert-OH is 1. The average molecular weight is 432 g/mol. The van der Waals surface area contributed by atoms with Crippen LogP contribution in [-0.4, -0.2) is 39.0 Å². The van der Waals surface area contributed by atoms with Gasteiger partial charge >= 0.3 is 11.4 Å². The Morgan fingerprint density at radius 1 is 1.07 bits per heavy atom. The minimum atomic E-state index is -0.744. The van der Waals surface area contributed by atoms with Crippen LogP contribution >= 0.6 is 11.6 Å². The van der Waals surface area contributed by atoms with E-state index in [4.69, 9.17) is 22.1 Å². The number of benzene rings is 2. The summed E-state index contributed by atoms with van der Waals surface area (Å²) in [4.78, 5) is 29.2. The minimum Gasteiger partial charge on any atom is -0.492 e. The van der Waals surface area contributed by atoms with Crippen LogP contribution in [0.5, 0.6) is 5.75 Å². The fourth-order valence-electron chi connectivity index (χ4n) is 2.77. The number of aliphatic hydroxyl groups is 1. The molecular weight excluding hydrogens is 410 g/mol. The van der Waals surface area contributed by atoms with E-state index in [1.807, 2.05) is 0 Å². The second-order valence-electron chi connectivity index (χ2n) is 6.37. The number of nitrogens with two attached hydrogens (primary N) is 1. The first-order chi connectivity index (χ1) is 14.5. The lowest BCUT2D eigenvalue weighted by Gasteiger charge is -2.15. The molecule has 0 aliphatic heterocycles. The predicted molar refractivity (Wildman–Crippen MR) is 115 cm³/mol. The molecule has 0 atom stereocenters. The third-order valence-electron chi connectivity index (χ3n) is 4.22. The van der Waals surface area contributed by atoms with Crippen molar-refractivity contribution in [3.63, 3.8) is 0 Å². The second-order valence-corrected chi connectivity index (χ2v) is 6.81. The summed E-state index contributed by atoms with van der Waals surface area (Å²) in [6, 6.07) is 14.0. The molecule has 2 aromatic carbocycles. The van der Waals surface area contributed by atoms with Crippen LogP contribution in [0.25, 0.3) is 0 Å². The molecule has 30 heavy (non-hydrogen) atoms. The van der Waals surface area contributed by atoms with Gasteiger partial charge in [0.05, 0.1) is 19.7 Å². The normalized spacial score (nSPS) is 10.8. The number of nitrogens with zero attached hydrogens (tertiary/aromatic N) is 3. The molecule has 0 saturated heterocycles. The highest BCUT2D eigenvalue weighted by Gasteiger charge is 2.14. The van der Waals surface area contributed by atoms with Gasteiger partial charge in [-0.3, -0.25) is 4.57 Å². The van der Waals surface area contributed by atoms with Gasteiger partial charge in [-0.05, 0) is 42.0 Å². The highest BCUT2D eigenvalue weighted by Crippen LogP contribution is 2.19. The fourth-order valence-corrected chi connectivity index (χ4v) is 2.90. The summed E-state index contributed by atoms with van der Waals surface area (Å²) in [6.07, 6.45) is 0. The van der Waals surface area contributed by atoms with Gasteiger partial charge in [0.2, 0.25) is 5.95 Å². The maximum absolute atomic E-state index is 12.9. The summed E-state index contributed by atoms with van der Waals surface area (Å²) < 4.78 is 7.67. The summed E-state index contributed by atoms with van der Waals surface area (Å²) in [6.45, 7) is 0.478. The van der Waals surface area contributed by atoms with E-state index < -0.39 is 11.4 Å². The van der Waals surface area contributed by atoms with E-state index in [1.165, 1.54) is 4.57 Å². The van der Waals surface area contributed by atoms with Crippen molar-refractivity contribution in [3.8, 4) is 5.75 Å². The topological polar surface area (TPSA) is 124 Å². The molecule has 0 saturated carbocycles. The van der Waals surface area contributed by atoms with Gasteiger partial charge in [-0.1, -0.05) is 23.7 Å². The van der Waals surface area contributed by atoms with E-state index in [0.29, 0.717) is 29.6 Å². The van der Waals surface area contributed by atoms with E-state index in [1.54, 1.807) is 48.5 Å². The highest BCUT2D eigenvalue weighted by atomic mass is 35.5. The maximum atomic E-state index is 12.9. The van der Waals surface area contributed by atoms with Gasteiger partial charge in [0.15, 0.2) is 0 Å². The average Bonchev–Trinajstić information content (AvgIpc) is 2.75. The zero-order chi connectivity index (χ0) is 21.5. The Bertz CT molecular complexity index is 1090. The molecule has 9 nitrogen and oxygen atoms in total. The van der Waals surface area contributed by atoms with Crippen LogP contribution < -0.4 is 27.2 Å². The summed E-state index contributed by atoms with van der Waals surface area (Å²) >= 11 is 5.93. The lowest BCUT2D eigenvalue weighted by atomic mass is 10.2. The Kier molecular flexibility index (Phi) is 7.23. The molecule has 0 amide bonds. The van der Waals surface area contributed by atoms with Gasteiger partial charge in [0, 0.05) is 17.3 Å². The Morgan fingerprint density at radius 2 is 1.77 bits per heavy atom. The molecule has 158 valence electrons. The van der Waals surface area contributed by atoms with Gasteiger partial charge in [0.25, 0.3) is 0 Å². The first-order valence-electron chi connectivity index (χ1n) is 9.28. The molecule has 0 fully saturated rings. The molecule has 0 spiro atoms. The molecule has 0 radical (unpaired) electrons. The molecule has 3 rings (SSSR count). The van der Waals surface area contributed by atoms with E-state index >= 15 is 0 Å². The number of rotatable bonds is 9. The lowest BCUT2D eigenvalue weighted by Crippen LogP contribution is -2.43. The number of hydrogen-bond donors (Lipinski definition) is 3. The number of hydrogen-bond acceptors (Lipinski definition) is 7. The third-order valence-corrected chi connectivity index (χ3v) is 4.48. The van der Waals surface area contributed by atoms with Crippen LogP contribution in [0.2, 0.25) is 5.02 Å². The Morgan fingerprint density at radius 3 is 2.40 bits per heavy atom. The minimum absolute atomic E-state index is 0.0877. The van der Waals surface area contributed by atoms with Crippen LogP contribution in [0.3, 0.4) is 0 Å². The van der Waals surface area contributed by atoms with E-state index in [9.17, 15) is 14.7 Å². The highest BCUT2D eigenvalue weighted by molar-refractivity contribution is 6.30. The van der Waals surface area contributed by atoms with Crippen molar-refractivity contribution in [2.75, 3.05) is 25.1 Å². The Labute approximate surface area is 177 Å². The zero-order valence-corrected chi connectivity index (χ0v) is 16.9. The van der Waals surface area contributed by atoms with Crippen molar-refractivity contribution in [1.82, 2.24) is 14.1 Å². The van der Waals surface area contributed by atoms with Gasteiger partial charge in [-0.25, -0.2) is 14.2 Å². The summed E-state index contributed by atoms with van der Waals surface area (Å²) in [7, 11) is 0. The van der Waals surface area contributed by atoms with Crippen molar-refractivity contribution in [2.45, 2.75) is 13.1 Å². The lowest BCUT2D eigenvalue weighted by molar-refractivity contribution is 0.268. The first kappa shape index (κ1) is 21.6. The third kappa shape index (κ3) is 5.26. The van der Waals surface area contributed by atoms with Crippen molar-refractivity contribution in [3.05, 3.63) is 80.1 Å². The fraction of sp³-hybridized carbons (Fsp3) is 0.250. The number of aromatic nitrogens is 3. The standard InChI is InChI=1S/C20H22ClN5O4/c21-15-3-1-14(2-4-15)13-26-18(24-19(28)25(10-11-27)20(26)29)23-16-5-7-17(8-6-16)30-12-9-22/h1-8,27H,9-13,22H2,(H,23,24,28). The summed E-state index contributed by atoms with van der Waals surface area (Å²) in [5.41, 5.74) is 5.52. The molecule has 1 heterocycles. The Hall–Kier alpha value is -3.14. The summed E-state index contributed by atoms with van der Waals surface area (Å²) in [5, 5.41) is 12.8. The maximum Gasteiger partial charge on any atom is 0.355 e. The predicted octanol–water partition coefficient (Wildman–Crippen LogP) is 1.18. The quantitative estimate of drug-likeness (QED) is 0.464. The van der Waals surface area contributed by atoms with Crippen molar-refractivity contribution in [2.24, 2.45) is 5.73 Å². The van der Waals surface area contributed by atoms with Gasteiger partial charge in [-0.15, -0.1) is 0 Å². The molecule has 4 N–H and O–H groups in total. The van der Waals surface area contributed by atoms with Crippen molar-refractivity contribution < 1.29 is 9.84 Å². The second kappa shape index (κ2) is 10.1. The van der Waals surface area contributed by atoms with Crippen LogP contribution in [0.4, 0.5) is 11.6 Å². The van der Waals surface area contributed by atoms with Crippen LogP contribution in [0, 0.1) is 0 Å². The molecule has 3 aromatic rings. The molecule has 1 aromatic heterocycles. The molecular formula is C20H22ClN5O4. The van der Waals surface area contributed by atoms with Crippen LogP contribution in [-0.2, 0) is 13.1 Å². The van der Waals surface area contributed by atoms with E-state index in [2.05, 4.69) is 10.3 Å². The van der Waals surface area contributed by atoms with E-state index in [0.717, 1.165) is 10.1 Å². The van der Waals surface area contributed by atoms with Gasteiger partial charge < -0.3 is 20.9 Å². The van der Waals surface area contributed by atoms with Crippen molar-refractivity contribution in [1.29, 1.82) is 0 Å². The van der Waals surface area contributed by atoms with Gasteiger partial charge in [0.1, 0.15) is 12.4 Å². The SMILES string of the molecule is NCCOc1ccc(Nc2nc(=O)n(CCO)c(=O)n2Cc2ccc(Cl)cc2)cc1. The molecule has 10 heteroatoms. The van der Waals surface area contributed by atoms with E-state index in [-0.39, 0.29) is 25.6 Å². The largest absolute Gasteiger partial charge is 0.492 e. The number of anilines is 2.